The maximum atomic E-state index is 11.2. The van der Waals surface area contributed by atoms with Crippen LogP contribution in [0.25, 0.3) is 16.8 Å². The van der Waals surface area contributed by atoms with Crippen LogP contribution in [0.15, 0.2) is 36.4 Å². The van der Waals surface area contributed by atoms with Crippen LogP contribution in [0.5, 0.6) is 11.5 Å². The first-order chi connectivity index (χ1) is 12.7. The van der Waals surface area contributed by atoms with E-state index in [9.17, 15) is 4.79 Å². The van der Waals surface area contributed by atoms with Gasteiger partial charge in [-0.05, 0) is 18.2 Å². The summed E-state index contributed by atoms with van der Waals surface area (Å²) in [6.45, 7) is 1.69. The van der Waals surface area contributed by atoms with Gasteiger partial charge in [0, 0.05) is 30.4 Å². The second-order valence-electron chi connectivity index (χ2n) is 5.90. The van der Waals surface area contributed by atoms with Crippen molar-refractivity contribution < 1.29 is 14.3 Å². The van der Waals surface area contributed by atoms with Crippen molar-refractivity contribution >= 4 is 40.0 Å². The summed E-state index contributed by atoms with van der Waals surface area (Å²) in [5, 5.41) is 9.09. The fraction of sp³-hybridized carbons (Fsp3) is 0.118. The first kappa shape index (κ1) is 14.6. The van der Waals surface area contributed by atoms with Crippen LogP contribution in [-0.4, -0.2) is 32.3 Å². The number of ether oxygens (including phenoxy) is 2. The number of amides is 1. The summed E-state index contributed by atoms with van der Waals surface area (Å²) in [6, 6.07) is 11.1. The molecule has 3 N–H and O–H groups in total. The Morgan fingerprint density at radius 3 is 2.81 bits per heavy atom. The molecule has 9 nitrogen and oxygen atoms in total. The smallest absolute Gasteiger partial charge is 0.253 e. The lowest BCUT2D eigenvalue weighted by Crippen LogP contribution is -2.05. The highest BCUT2D eigenvalue weighted by atomic mass is 16.7. The van der Waals surface area contributed by atoms with Gasteiger partial charge >= 0.3 is 0 Å². The number of benzene rings is 2. The average molecular weight is 350 g/mol. The molecule has 2 aromatic heterocycles. The van der Waals surface area contributed by atoms with Crippen LogP contribution >= 0.6 is 0 Å². The molecule has 0 unspecified atom stereocenters. The van der Waals surface area contributed by atoms with Crippen LogP contribution in [0, 0.1) is 0 Å². The van der Waals surface area contributed by atoms with Crippen LogP contribution in [0.4, 0.5) is 17.3 Å². The maximum absolute atomic E-state index is 11.2. The Bertz CT molecular complexity index is 1160. The van der Waals surface area contributed by atoms with E-state index in [0.29, 0.717) is 28.9 Å². The van der Waals surface area contributed by atoms with Crippen LogP contribution in [-0.2, 0) is 4.79 Å². The van der Waals surface area contributed by atoms with E-state index < -0.39 is 0 Å². The number of hydrogen-bond donors (Lipinski definition) is 3. The molecular formula is C17H14N6O3. The fourth-order valence-electron chi connectivity index (χ4n) is 2.94. The molecule has 26 heavy (non-hydrogen) atoms. The number of aromatic amines is 1. The Kier molecular flexibility index (Phi) is 3.02. The van der Waals surface area contributed by atoms with E-state index in [1.165, 1.54) is 6.92 Å². The van der Waals surface area contributed by atoms with Crippen molar-refractivity contribution in [1.29, 1.82) is 0 Å². The van der Waals surface area contributed by atoms with E-state index in [4.69, 9.17) is 9.47 Å². The summed E-state index contributed by atoms with van der Waals surface area (Å²) in [4.78, 5) is 20.1. The van der Waals surface area contributed by atoms with Gasteiger partial charge < -0.3 is 20.1 Å². The van der Waals surface area contributed by atoms with E-state index in [0.717, 1.165) is 16.7 Å². The molecule has 1 amide bonds. The number of hydrogen-bond acceptors (Lipinski definition) is 6. The molecule has 2 aromatic carbocycles. The van der Waals surface area contributed by atoms with Crippen molar-refractivity contribution in [2.45, 2.75) is 6.92 Å². The van der Waals surface area contributed by atoms with Gasteiger partial charge in [-0.25, -0.2) is 9.50 Å². The van der Waals surface area contributed by atoms with Crippen molar-refractivity contribution in [3.8, 4) is 11.5 Å². The molecule has 0 aliphatic carbocycles. The Labute approximate surface area is 146 Å². The number of anilines is 3. The van der Waals surface area contributed by atoms with Crippen LogP contribution in [0.1, 0.15) is 6.92 Å². The number of fused-ring (bicyclic) bond motifs is 4. The Balaban J connectivity index is 1.49. The largest absolute Gasteiger partial charge is 0.454 e. The number of aromatic nitrogens is 4. The lowest BCUT2D eigenvalue weighted by atomic mass is 10.3. The topological polar surface area (TPSA) is 106 Å². The first-order valence-electron chi connectivity index (χ1n) is 7.98. The lowest BCUT2D eigenvalue weighted by Gasteiger charge is -2.06. The molecule has 4 aromatic rings. The third kappa shape index (κ3) is 2.37. The van der Waals surface area contributed by atoms with E-state index in [1.807, 2.05) is 36.4 Å². The summed E-state index contributed by atoms with van der Waals surface area (Å²) in [7, 11) is 0. The lowest BCUT2D eigenvalue weighted by molar-refractivity contribution is -0.114. The van der Waals surface area contributed by atoms with Crippen LogP contribution in [0.3, 0.4) is 0 Å². The number of nitrogens with zero attached hydrogens (tertiary/aromatic N) is 3. The molecule has 0 bridgehead atoms. The number of nitrogens with one attached hydrogen (secondary N) is 3. The second kappa shape index (κ2) is 5.38. The second-order valence-corrected chi connectivity index (χ2v) is 5.90. The third-order valence-corrected chi connectivity index (χ3v) is 4.01. The average Bonchev–Trinajstić information content (AvgIpc) is 3.26. The summed E-state index contributed by atoms with van der Waals surface area (Å²) in [5.41, 5.74) is 3.11. The van der Waals surface area contributed by atoms with Gasteiger partial charge in [0.15, 0.2) is 11.5 Å². The summed E-state index contributed by atoms with van der Waals surface area (Å²) >= 11 is 0. The van der Waals surface area contributed by atoms with Crippen molar-refractivity contribution in [2.24, 2.45) is 0 Å². The minimum absolute atomic E-state index is 0.121. The normalized spacial score (nSPS) is 12.7. The van der Waals surface area contributed by atoms with Crippen molar-refractivity contribution in [1.82, 2.24) is 19.6 Å². The molecule has 0 fully saturated rings. The maximum Gasteiger partial charge on any atom is 0.253 e. The monoisotopic (exact) mass is 350 g/mol. The predicted molar refractivity (Wildman–Crippen MR) is 95.0 cm³/mol. The van der Waals surface area contributed by atoms with E-state index in [1.54, 1.807) is 4.52 Å². The minimum Gasteiger partial charge on any atom is -0.454 e. The number of carbonyl (C=O) groups is 1. The van der Waals surface area contributed by atoms with Gasteiger partial charge in [-0.15, -0.1) is 0 Å². The Hall–Kier alpha value is -3.75. The predicted octanol–water partition coefficient (Wildman–Crippen LogP) is 2.64. The van der Waals surface area contributed by atoms with Gasteiger partial charge in [-0.2, -0.15) is 4.98 Å². The zero-order valence-corrected chi connectivity index (χ0v) is 13.7. The molecule has 1 aliphatic rings. The van der Waals surface area contributed by atoms with Crippen LogP contribution < -0.4 is 20.1 Å². The highest BCUT2D eigenvalue weighted by Crippen LogP contribution is 2.36. The first-order valence-corrected chi connectivity index (χ1v) is 7.98. The highest BCUT2D eigenvalue weighted by molar-refractivity contribution is 5.89. The number of carbonyl (C=O) groups excluding carboxylic acids is 1. The summed E-state index contributed by atoms with van der Waals surface area (Å²) in [6.07, 6.45) is 0. The van der Waals surface area contributed by atoms with E-state index in [-0.39, 0.29) is 12.7 Å². The molecule has 9 heteroatoms. The molecular weight excluding hydrogens is 336 g/mol. The SMILES string of the molecule is CC(=O)Nc1cccc(Nc2nc3nc4cc5c(cc4n3[nH]2)OCO5)c1. The van der Waals surface area contributed by atoms with Gasteiger partial charge in [-0.3, -0.25) is 9.89 Å². The molecule has 1 aliphatic heterocycles. The molecule has 0 saturated carbocycles. The molecule has 130 valence electrons. The summed E-state index contributed by atoms with van der Waals surface area (Å²) in [5.74, 6) is 2.32. The summed E-state index contributed by atoms with van der Waals surface area (Å²) < 4.78 is 12.6. The van der Waals surface area contributed by atoms with Gasteiger partial charge in [0.2, 0.25) is 18.6 Å². The Morgan fingerprint density at radius 1 is 1.15 bits per heavy atom. The molecule has 0 radical (unpaired) electrons. The molecule has 0 saturated heterocycles. The number of imidazole rings is 1. The molecule has 5 rings (SSSR count). The van der Waals surface area contributed by atoms with E-state index >= 15 is 0 Å². The molecule has 0 spiro atoms. The van der Waals surface area contributed by atoms with Gasteiger partial charge in [-0.1, -0.05) is 6.07 Å². The van der Waals surface area contributed by atoms with Gasteiger partial charge in [0.1, 0.15) is 0 Å². The van der Waals surface area contributed by atoms with Gasteiger partial charge in [0.25, 0.3) is 5.78 Å². The quantitative estimate of drug-likeness (QED) is 0.524. The highest BCUT2D eigenvalue weighted by Gasteiger charge is 2.18. The standard InChI is InChI=1S/C17H14N6O3/c1-9(24)18-10-3-2-4-11(5-10)19-16-21-17-20-12-6-14-15(26-8-25-14)7-13(12)23(17)22-16/h2-7H,8H2,1H3,(H,18,24)(H2,19,20,21,22). The number of rotatable bonds is 3. The Morgan fingerprint density at radius 2 is 1.96 bits per heavy atom. The number of H-pyrrole nitrogens is 1. The molecule has 3 heterocycles. The van der Waals surface area contributed by atoms with Crippen molar-refractivity contribution in [3.05, 3.63) is 36.4 Å². The van der Waals surface area contributed by atoms with Gasteiger partial charge in [0.05, 0.1) is 11.0 Å². The van der Waals surface area contributed by atoms with E-state index in [2.05, 4.69) is 25.7 Å². The van der Waals surface area contributed by atoms with Crippen LogP contribution in [0.2, 0.25) is 0 Å². The fourth-order valence-corrected chi connectivity index (χ4v) is 2.94. The molecule has 0 atom stereocenters. The zero-order chi connectivity index (χ0) is 17.7. The minimum atomic E-state index is -0.121. The van der Waals surface area contributed by atoms with Crippen molar-refractivity contribution in [2.75, 3.05) is 17.4 Å². The zero-order valence-electron chi connectivity index (χ0n) is 13.7. The third-order valence-electron chi connectivity index (χ3n) is 4.01. The van der Waals surface area contributed by atoms with Crippen molar-refractivity contribution in [3.63, 3.8) is 0 Å².